The number of carbonyl (C=O) groups is 2. The molecule has 0 bridgehead atoms. The van der Waals surface area contributed by atoms with Crippen LogP contribution in [0.1, 0.15) is 51.9 Å². The number of likely N-dealkylation sites (tertiary alicyclic amines) is 1. The largest absolute Gasteiger partial charge is 0.326 e. The zero-order valence-corrected chi connectivity index (χ0v) is 17.3. The number of rotatable bonds is 10. The van der Waals surface area contributed by atoms with E-state index in [1.165, 1.54) is 38.5 Å². The van der Waals surface area contributed by atoms with Crippen LogP contribution in [-0.4, -0.2) is 47.9 Å². The zero-order chi connectivity index (χ0) is 19.3. The standard InChI is InChI=1S/C21H33N3O2S/c1-2-3-14-27-15-11-20(25)22-18-9-8-10-19(16-18)23-21(26)17-24-12-6-4-5-7-13-24/h8-10,16H,2-7,11-15,17H2,1H3,(H,22,25)(H,23,26). The highest BCUT2D eigenvalue weighted by Crippen LogP contribution is 2.16. The monoisotopic (exact) mass is 391 g/mol. The first-order chi connectivity index (χ1) is 13.2. The van der Waals surface area contributed by atoms with Gasteiger partial charge in [0, 0.05) is 23.5 Å². The molecule has 1 aliphatic rings. The molecule has 0 atom stereocenters. The van der Waals surface area contributed by atoms with Gasteiger partial charge in [-0.25, -0.2) is 0 Å². The molecule has 1 saturated heterocycles. The van der Waals surface area contributed by atoms with Crippen LogP contribution < -0.4 is 10.6 Å². The molecule has 27 heavy (non-hydrogen) atoms. The SMILES string of the molecule is CCCCSCCC(=O)Nc1cccc(NC(=O)CN2CCCCCC2)c1. The molecule has 2 rings (SSSR count). The van der Waals surface area contributed by atoms with Gasteiger partial charge in [0.2, 0.25) is 11.8 Å². The second-order valence-electron chi connectivity index (χ2n) is 7.08. The number of nitrogens with zero attached hydrogens (tertiary/aromatic N) is 1. The first-order valence-electron chi connectivity index (χ1n) is 10.2. The molecule has 0 aliphatic carbocycles. The fourth-order valence-corrected chi connectivity index (χ4v) is 4.14. The van der Waals surface area contributed by atoms with Crippen molar-refractivity contribution in [1.29, 1.82) is 0 Å². The Kier molecular flexibility index (Phi) is 10.3. The molecule has 0 aromatic heterocycles. The molecule has 0 saturated carbocycles. The topological polar surface area (TPSA) is 61.4 Å². The number of nitrogens with one attached hydrogen (secondary N) is 2. The lowest BCUT2D eigenvalue weighted by Crippen LogP contribution is -2.33. The third kappa shape index (κ3) is 9.29. The summed E-state index contributed by atoms with van der Waals surface area (Å²) in [4.78, 5) is 26.6. The van der Waals surface area contributed by atoms with E-state index in [4.69, 9.17) is 0 Å². The van der Waals surface area contributed by atoms with Crippen molar-refractivity contribution in [2.45, 2.75) is 51.9 Å². The number of thioether (sulfide) groups is 1. The summed E-state index contributed by atoms with van der Waals surface area (Å²) in [6, 6.07) is 7.39. The summed E-state index contributed by atoms with van der Waals surface area (Å²) in [5.41, 5.74) is 1.45. The quantitative estimate of drug-likeness (QED) is 0.582. The van der Waals surface area contributed by atoms with Crippen molar-refractivity contribution in [2.24, 2.45) is 0 Å². The summed E-state index contributed by atoms with van der Waals surface area (Å²) < 4.78 is 0. The van der Waals surface area contributed by atoms with Crippen LogP contribution in [0.2, 0.25) is 0 Å². The Morgan fingerprint density at radius 1 is 1.00 bits per heavy atom. The Morgan fingerprint density at radius 2 is 1.67 bits per heavy atom. The number of anilines is 2. The molecule has 1 heterocycles. The van der Waals surface area contributed by atoms with Crippen LogP contribution >= 0.6 is 11.8 Å². The Bertz CT molecular complexity index is 587. The van der Waals surface area contributed by atoms with Gasteiger partial charge in [0.25, 0.3) is 0 Å². The Hall–Kier alpha value is -1.53. The van der Waals surface area contributed by atoms with E-state index in [0.29, 0.717) is 13.0 Å². The molecule has 0 unspecified atom stereocenters. The van der Waals surface area contributed by atoms with Crippen molar-refractivity contribution in [2.75, 3.05) is 41.8 Å². The van der Waals surface area contributed by atoms with E-state index in [2.05, 4.69) is 22.5 Å². The molecule has 5 nitrogen and oxygen atoms in total. The number of hydrogen-bond donors (Lipinski definition) is 2. The highest BCUT2D eigenvalue weighted by molar-refractivity contribution is 7.99. The van der Waals surface area contributed by atoms with E-state index in [1.54, 1.807) is 0 Å². The Labute approximate surface area is 167 Å². The lowest BCUT2D eigenvalue weighted by Gasteiger charge is -2.19. The summed E-state index contributed by atoms with van der Waals surface area (Å²) in [6.45, 7) is 4.61. The summed E-state index contributed by atoms with van der Waals surface area (Å²) in [6.07, 6.45) is 7.77. The summed E-state index contributed by atoms with van der Waals surface area (Å²) >= 11 is 1.82. The number of amides is 2. The Morgan fingerprint density at radius 3 is 2.33 bits per heavy atom. The molecule has 2 amide bonds. The molecule has 0 radical (unpaired) electrons. The van der Waals surface area contributed by atoms with Gasteiger partial charge in [-0.3, -0.25) is 14.5 Å². The van der Waals surface area contributed by atoms with Gasteiger partial charge >= 0.3 is 0 Å². The first-order valence-corrected chi connectivity index (χ1v) is 11.3. The normalized spacial score (nSPS) is 15.1. The maximum absolute atomic E-state index is 12.3. The summed E-state index contributed by atoms with van der Waals surface area (Å²) in [5.74, 6) is 1.99. The minimum atomic E-state index is 0.00713. The van der Waals surface area contributed by atoms with Crippen molar-refractivity contribution in [1.82, 2.24) is 4.90 Å². The number of unbranched alkanes of at least 4 members (excludes halogenated alkanes) is 1. The fourth-order valence-electron chi connectivity index (χ4n) is 3.11. The highest BCUT2D eigenvalue weighted by atomic mass is 32.2. The molecule has 0 spiro atoms. The van der Waals surface area contributed by atoms with Crippen LogP contribution in [0.25, 0.3) is 0 Å². The summed E-state index contributed by atoms with van der Waals surface area (Å²) in [7, 11) is 0. The average molecular weight is 392 g/mol. The van der Waals surface area contributed by atoms with Gasteiger partial charge in [0.15, 0.2) is 0 Å². The van der Waals surface area contributed by atoms with E-state index in [0.717, 1.165) is 36.0 Å². The van der Waals surface area contributed by atoms with Gasteiger partial charge in [0.05, 0.1) is 6.54 Å². The van der Waals surface area contributed by atoms with Gasteiger partial charge < -0.3 is 10.6 Å². The number of benzene rings is 1. The van der Waals surface area contributed by atoms with E-state index in [9.17, 15) is 9.59 Å². The van der Waals surface area contributed by atoms with Crippen LogP contribution in [0.5, 0.6) is 0 Å². The first kappa shape index (κ1) is 21.8. The van der Waals surface area contributed by atoms with Gasteiger partial charge in [-0.1, -0.05) is 32.3 Å². The maximum atomic E-state index is 12.3. The molecular formula is C21H33N3O2S. The van der Waals surface area contributed by atoms with E-state index in [-0.39, 0.29) is 11.8 Å². The van der Waals surface area contributed by atoms with Gasteiger partial charge in [-0.2, -0.15) is 11.8 Å². The number of carbonyl (C=O) groups excluding carboxylic acids is 2. The maximum Gasteiger partial charge on any atom is 0.238 e. The van der Waals surface area contributed by atoms with E-state index in [1.807, 2.05) is 36.0 Å². The molecular weight excluding hydrogens is 358 g/mol. The molecule has 1 aromatic carbocycles. The molecule has 1 fully saturated rings. The van der Waals surface area contributed by atoms with Crippen molar-refractivity contribution >= 4 is 35.0 Å². The number of hydrogen-bond acceptors (Lipinski definition) is 4. The second-order valence-corrected chi connectivity index (χ2v) is 8.31. The van der Waals surface area contributed by atoms with Crippen LogP contribution in [0.3, 0.4) is 0 Å². The molecule has 1 aromatic rings. The molecule has 150 valence electrons. The smallest absolute Gasteiger partial charge is 0.238 e. The van der Waals surface area contributed by atoms with E-state index >= 15 is 0 Å². The Balaban J connectivity index is 1.75. The van der Waals surface area contributed by atoms with Crippen molar-refractivity contribution in [3.05, 3.63) is 24.3 Å². The van der Waals surface area contributed by atoms with Crippen molar-refractivity contribution in [3.8, 4) is 0 Å². The minimum absolute atomic E-state index is 0.00713. The molecule has 1 aliphatic heterocycles. The van der Waals surface area contributed by atoms with E-state index < -0.39 is 0 Å². The lowest BCUT2D eigenvalue weighted by atomic mass is 10.2. The van der Waals surface area contributed by atoms with Crippen LogP contribution in [0, 0.1) is 0 Å². The average Bonchev–Trinajstić information content (AvgIpc) is 2.90. The predicted octanol–water partition coefficient (Wildman–Crippen LogP) is 4.36. The highest BCUT2D eigenvalue weighted by Gasteiger charge is 2.13. The molecule has 6 heteroatoms. The third-order valence-electron chi connectivity index (χ3n) is 4.61. The van der Waals surface area contributed by atoms with Crippen LogP contribution in [0.4, 0.5) is 11.4 Å². The summed E-state index contributed by atoms with van der Waals surface area (Å²) in [5, 5.41) is 5.88. The van der Waals surface area contributed by atoms with Gasteiger partial charge in [-0.05, 0) is 56.3 Å². The predicted molar refractivity (Wildman–Crippen MR) is 115 cm³/mol. The van der Waals surface area contributed by atoms with Gasteiger partial charge in [-0.15, -0.1) is 0 Å². The third-order valence-corrected chi connectivity index (χ3v) is 5.68. The zero-order valence-electron chi connectivity index (χ0n) is 16.5. The molecule has 2 N–H and O–H groups in total. The minimum Gasteiger partial charge on any atom is -0.326 e. The second kappa shape index (κ2) is 12.8. The fraction of sp³-hybridized carbons (Fsp3) is 0.619. The van der Waals surface area contributed by atoms with Crippen LogP contribution in [0.15, 0.2) is 24.3 Å². The van der Waals surface area contributed by atoms with Crippen molar-refractivity contribution < 1.29 is 9.59 Å². The van der Waals surface area contributed by atoms with Gasteiger partial charge in [0.1, 0.15) is 0 Å². The van der Waals surface area contributed by atoms with Crippen molar-refractivity contribution in [3.63, 3.8) is 0 Å². The lowest BCUT2D eigenvalue weighted by molar-refractivity contribution is -0.117. The van der Waals surface area contributed by atoms with Crippen LogP contribution in [-0.2, 0) is 9.59 Å².